The predicted molar refractivity (Wildman–Crippen MR) is 86.9 cm³/mol. The number of hydrogen-bond donors (Lipinski definition) is 1. The third-order valence-corrected chi connectivity index (χ3v) is 4.60. The average Bonchev–Trinajstić information content (AvgIpc) is 2.39. The van der Waals surface area contributed by atoms with Crippen LogP contribution in [-0.4, -0.2) is 24.0 Å². The molecule has 2 atom stereocenters. The Labute approximate surface area is 128 Å². The number of benzene rings is 1. The fraction of sp³-hybridized carbons (Fsp3) is 0.647. The van der Waals surface area contributed by atoms with Gasteiger partial charge < -0.3 is 5.73 Å². The van der Waals surface area contributed by atoms with Crippen LogP contribution >= 0.6 is 11.6 Å². The molecule has 2 N–H and O–H groups in total. The van der Waals surface area contributed by atoms with Gasteiger partial charge in [-0.15, -0.1) is 0 Å². The molecule has 0 amide bonds. The molecule has 1 fully saturated rings. The van der Waals surface area contributed by atoms with Gasteiger partial charge in [-0.2, -0.15) is 0 Å². The third-order valence-electron chi connectivity index (χ3n) is 4.36. The Balaban J connectivity index is 1.87. The second-order valence-corrected chi connectivity index (χ2v) is 6.95. The van der Waals surface area contributed by atoms with Crippen molar-refractivity contribution >= 4 is 11.6 Å². The van der Waals surface area contributed by atoms with E-state index in [9.17, 15) is 0 Å². The highest BCUT2D eigenvalue weighted by molar-refractivity contribution is 6.30. The van der Waals surface area contributed by atoms with E-state index in [1.807, 2.05) is 12.1 Å². The molecular weight excluding hydrogens is 268 g/mol. The number of rotatable bonds is 5. The van der Waals surface area contributed by atoms with Crippen molar-refractivity contribution in [2.45, 2.75) is 45.7 Å². The molecule has 3 heteroatoms. The minimum absolute atomic E-state index is 0.339. The summed E-state index contributed by atoms with van der Waals surface area (Å²) in [5.41, 5.74) is 7.54. The zero-order valence-electron chi connectivity index (χ0n) is 12.7. The Morgan fingerprint density at radius 1 is 1.40 bits per heavy atom. The van der Waals surface area contributed by atoms with Crippen LogP contribution in [0.15, 0.2) is 24.3 Å². The zero-order chi connectivity index (χ0) is 14.5. The fourth-order valence-electron chi connectivity index (χ4n) is 3.04. The lowest BCUT2D eigenvalue weighted by Crippen LogP contribution is -2.38. The Kier molecular flexibility index (Phi) is 5.88. The lowest BCUT2D eigenvalue weighted by Gasteiger charge is -2.34. The maximum absolute atomic E-state index is 6.23. The summed E-state index contributed by atoms with van der Waals surface area (Å²) in [7, 11) is 0. The minimum Gasteiger partial charge on any atom is -0.327 e. The molecule has 0 aromatic heterocycles. The van der Waals surface area contributed by atoms with E-state index >= 15 is 0 Å². The first-order valence-corrected chi connectivity index (χ1v) is 8.14. The van der Waals surface area contributed by atoms with Gasteiger partial charge in [-0.25, -0.2) is 0 Å². The summed E-state index contributed by atoms with van der Waals surface area (Å²) in [5, 5.41) is 0.831. The van der Waals surface area contributed by atoms with Crippen LogP contribution in [0.5, 0.6) is 0 Å². The number of nitrogens with two attached hydrogens (primary N) is 1. The molecule has 1 saturated heterocycles. The number of piperidine rings is 1. The van der Waals surface area contributed by atoms with Gasteiger partial charge in [-0.3, -0.25) is 4.90 Å². The first-order chi connectivity index (χ1) is 9.54. The molecule has 1 aliphatic heterocycles. The first-order valence-electron chi connectivity index (χ1n) is 7.77. The molecule has 2 nitrogen and oxygen atoms in total. The van der Waals surface area contributed by atoms with Gasteiger partial charge in [0, 0.05) is 24.2 Å². The van der Waals surface area contributed by atoms with Gasteiger partial charge in [0.1, 0.15) is 0 Å². The summed E-state index contributed by atoms with van der Waals surface area (Å²) in [6.07, 6.45) is 3.77. The Morgan fingerprint density at radius 3 is 2.90 bits per heavy atom. The third kappa shape index (κ3) is 4.76. The van der Waals surface area contributed by atoms with Crippen LogP contribution in [0.1, 0.15) is 38.7 Å². The van der Waals surface area contributed by atoms with Crippen LogP contribution in [0.25, 0.3) is 0 Å². The van der Waals surface area contributed by atoms with Crippen LogP contribution in [0.2, 0.25) is 5.02 Å². The van der Waals surface area contributed by atoms with Crippen LogP contribution in [0, 0.1) is 11.8 Å². The van der Waals surface area contributed by atoms with Gasteiger partial charge in [0.05, 0.1) is 0 Å². The van der Waals surface area contributed by atoms with Crippen LogP contribution in [-0.2, 0) is 6.54 Å². The molecule has 0 aliphatic carbocycles. The van der Waals surface area contributed by atoms with Crippen molar-refractivity contribution in [3.8, 4) is 0 Å². The van der Waals surface area contributed by atoms with Crippen LogP contribution in [0.4, 0.5) is 0 Å². The lowest BCUT2D eigenvalue weighted by atomic mass is 9.87. The van der Waals surface area contributed by atoms with Crippen LogP contribution in [0.3, 0.4) is 0 Å². The maximum atomic E-state index is 6.23. The number of halogens is 1. The molecule has 20 heavy (non-hydrogen) atoms. The van der Waals surface area contributed by atoms with Crippen molar-refractivity contribution in [2.75, 3.05) is 13.1 Å². The number of nitrogens with zero attached hydrogens (tertiary/aromatic N) is 1. The van der Waals surface area contributed by atoms with E-state index in [0.717, 1.165) is 23.9 Å². The quantitative estimate of drug-likeness (QED) is 0.892. The Hall–Kier alpha value is -0.570. The molecule has 0 radical (unpaired) electrons. The zero-order valence-corrected chi connectivity index (χ0v) is 13.4. The van der Waals surface area contributed by atoms with Gasteiger partial charge in [0.25, 0.3) is 0 Å². The summed E-state index contributed by atoms with van der Waals surface area (Å²) < 4.78 is 0. The van der Waals surface area contributed by atoms with Gasteiger partial charge in [-0.05, 0) is 55.3 Å². The Morgan fingerprint density at radius 2 is 2.20 bits per heavy atom. The smallest absolute Gasteiger partial charge is 0.0409 e. The van der Waals surface area contributed by atoms with Crippen LogP contribution < -0.4 is 5.73 Å². The van der Waals surface area contributed by atoms with Gasteiger partial charge >= 0.3 is 0 Å². The largest absolute Gasteiger partial charge is 0.327 e. The molecule has 2 unspecified atom stereocenters. The lowest BCUT2D eigenvalue weighted by molar-refractivity contribution is 0.152. The van der Waals surface area contributed by atoms with E-state index in [2.05, 4.69) is 30.9 Å². The standard InChI is InChI=1S/C17H27ClN2/c1-13(2)17(19)10-15-6-4-8-20(12-15)11-14-5-3-7-16(18)9-14/h3,5,7,9,13,15,17H,4,6,8,10-12,19H2,1-2H3. The molecule has 2 rings (SSSR count). The molecule has 0 bridgehead atoms. The van der Waals surface area contributed by atoms with Crippen molar-refractivity contribution in [2.24, 2.45) is 17.6 Å². The molecule has 112 valence electrons. The van der Waals surface area contributed by atoms with Crippen molar-refractivity contribution < 1.29 is 0 Å². The summed E-state index contributed by atoms with van der Waals surface area (Å²) in [6.45, 7) is 7.81. The molecule has 0 saturated carbocycles. The monoisotopic (exact) mass is 294 g/mol. The fourth-order valence-corrected chi connectivity index (χ4v) is 3.25. The van der Waals surface area contributed by atoms with E-state index in [1.54, 1.807) is 0 Å². The van der Waals surface area contributed by atoms with Crippen molar-refractivity contribution in [1.82, 2.24) is 4.90 Å². The second kappa shape index (κ2) is 7.44. The summed E-state index contributed by atoms with van der Waals surface area (Å²) in [5.74, 6) is 1.33. The van der Waals surface area contributed by atoms with Gasteiger partial charge in [0.2, 0.25) is 0 Å². The molecule has 1 aromatic carbocycles. The predicted octanol–water partition coefficient (Wildman–Crippen LogP) is 3.93. The van der Waals surface area contributed by atoms with Crippen molar-refractivity contribution in [3.05, 3.63) is 34.9 Å². The maximum Gasteiger partial charge on any atom is 0.0409 e. The average molecular weight is 295 g/mol. The van der Waals surface area contributed by atoms with E-state index in [-0.39, 0.29) is 0 Å². The van der Waals surface area contributed by atoms with E-state index in [0.29, 0.717) is 12.0 Å². The number of likely N-dealkylation sites (tertiary alicyclic amines) is 1. The molecule has 0 spiro atoms. The van der Waals surface area contributed by atoms with Gasteiger partial charge in [-0.1, -0.05) is 37.6 Å². The van der Waals surface area contributed by atoms with E-state index in [4.69, 9.17) is 17.3 Å². The summed E-state index contributed by atoms with van der Waals surface area (Å²) in [6, 6.07) is 8.55. The molecule has 1 aromatic rings. The van der Waals surface area contributed by atoms with Crippen molar-refractivity contribution in [3.63, 3.8) is 0 Å². The summed E-state index contributed by atoms with van der Waals surface area (Å²) in [4.78, 5) is 2.55. The topological polar surface area (TPSA) is 29.3 Å². The minimum atomic E-state index is 0.339. The molecular formula is C17H27ClN2. The Bertz CT molecular complexity index is 419. The van der Waals surface area contributed by atoms with E-state index < -0.39 is 0 Å². The number of hydrogen-bond acceptors (Lipinski definition) is 2. The van der Waals surface area contributed by atoms with Crippen molar-refractivity contribution in [1.29, 1.82) is 0 Å². The highest BCUT2D eigenvalue weighted by Gasteiger charge is 2.22. The van der Waals surface area contributed by atoms with E-state index in [1.165, 1.54) is 31.5 Å². The summed E-state index contributed by atoms with van der Waals surface area (Å²) >= 11 is 6.06. The molecule has 1 heterocycles. The highest BCUT2D eigenvalue weighted by atomic mass is 35.5. The first kappa shape index (κ1) is 15.8. The molecule has 1 aliphatic rings. The second-order valence-electron chi connectivity index (χ2n) is 6.52. The SMILES string of the molecule is CC(C)C(N)CC1CCCN(Cc2cccc(Cl)c2)C1. The highest BCUT2D eigenvalue weighted by Crippen LogP contribution is 2.24. The van der Waals surface area contributed by atoms with Gasteiger partial charge in [0.15, 0.2) is 0 Å². The normalized spacial score (nSPS) is 22.1.